The fourth-order valence-electron chi connectivity index (χ4n) is 3.43. The van der Waals surface area contributed by atoms with Crippen molar-refractivity contribution in [2.45, 2.75) is 25.9 Å². The van der Waals surface area contributed by atoms with Gasteiger partial charge in [-0.05, 0) is 47.4 Å². The summed E-state index contributed by atoms with van der Waals surface area (Å²) in [6, 6.07) is 25.6. The van der Waals surface area contributed by atoms with E-state index >= 15 is 0 Å². The number of rotatable bonds is 9. The van der Waals surface area contributed by atoms with E-state index in [1.165, 1.54) is 26.8 Å². The van der Waals surface area contributed by atoms with Crippen molar-refractivity contribution in [1.29, 1.82) is 0 Å². The Kier molecular flexibility index (Phi) is 7.04. The number of hydrogen-bond acceptors (Lipinski definition) is 2. The highest BCUT2D eigenvalue weighted by Crippen LogP contribution is 2.18. The molecule has 0 unspecified atom stereocenters. The predicted molar refractivity (Wildman–Crippen MR) is 114 cm³/mol. The molecule has 0 aliphatic rings. The molecule has 3 aromatic carbocycles. The number of unbranched alkanes of at least 4 members (excludes halogenated alkanes) is 1. The molecule has 0 aliphatic carbocycles. The van der Waals surface area contributed by atoms with Crippen molar-refractivity contribution in [3.63, 3.8) is 0 Å². The molecule has 3 rings (SSSR count). The van der Waals surface area contributed by atoms with Crippen LogP contribution in [0.3, 0.4) is 0 Å². The molecule has 3 aromatic rings. The maximum atomic E-state index is 10.9. The average molecular weight is 377 g/mol. The van der Waals surface area contributed by atoms with Crippen molar-refractivity contribution >= 4 is 16.9 Å². The minimum absolute atomic E-state index is 0.574. The Morgan fingerprint density at radius 3 is 2.18 bits per heavy atom. The number of fused-ring (bicyclic) bond motifs is 1. The van der Waals surface area contributed by atoms with Gasteiger partial charge in [0.05, 0.1) is 0 Å². The summed E-state index contributed by atoms with van der Waals surface area (Å²) in [6.07, 6.45) is 0.974. The molecule has 0 bridgehead atoms. The first-order valence-corrected chi connectivity index (χ1v) is 9.80. The van der Waals surface area contributed by atoms with Gasteiger partial charge < -0.3 is 10.0 Å². The first-order valence-electron chi connectivity index (χ1n) is 9.80. The van der Waals surface area contributed by atoms with Crippen LogP contribution in [0, 0.1) is 0 Å². The highest BCUT2D eigenvalue weighted by Gasteiger charge is 2.09. The van der Waals surface area contributed by atoms with Crippen LogP contribution in [-0.2, 0) is 13.1 Å². The molecule has 1 amide bonds. The average Bonchev–Trinajstić information content (AvgIpc) is 2.71. The molecule has 0 fully saturated rings. The standard InChI is InChI=1S/C24H28N2O2/c1-25(24(27)28)15-7-8-16-26(18-20-9-3-2-4-10-20)19-21-13-14-22-11-5-6-12-23(22)17-21/h2-6,9-14,17H,7-8,15-16,18-19H2,1H3,(H,27,28). The van der Waals surface area contributed by atoms with Crippen LogP contribution in [0.2, 0.25) is 0 Å². The fraction of sp³-hybridized carbons (Fsp3) is 0.292. The second kappa shape index (κ2) is 9.90. The van der Waals surface area contributed by atoms with Crippen LogP contribution in [0.4, 0.5) is 4.79 Å². The quantitative estimate of drug-likeness (QED) is 0.520. The summed E-state index contributed by atoms with van der Waals surface area (Å²) in [5, 5.41) is 11.5. The Hall–Kier alpha value is -2.85. The van der Waals surface area contributed by atoms with Crippen LogP contribution in [0.1, 0.15) is 24.0 Å². The van der Waals surface area contributed by atoms with Crippen LogP contribution in [0.5, 0.6) is 0 Å². The highest BCUT2D eigenvalue weighted by atomic mass is 16.4. The maximum absolute atomic E-state index is 10.9. The zero-order chi connectivity index (χ0) is 19.8. The minimum Gasteiger partial charge on any atom is -0.465 e. The molecule has 0 aromatic heterocycles. The zero-order valence-corrected chi connectivity index (χ0v) is 16.4. The van der Waals surface area contributed by atoms with Gasteiger partial charge in [-0.2, -0.15) is 0 Å². The second-order valence-corrected chi connectivity index (χ2v) is 7.29. The Labute approximate surface area is 167 Å². The van der Waals surface area contributed by atoms with Crippen LogP contribution >= 0.6 is 0 Å². The highest BCUT2D eigenvalue weighted by molar-refractivity contribution is 5.82. The number of amides is 1. The van der Waals surface area contributed by atoms with Crippen LogP contribution in [0.15, 0.2) is 72.8 Å². The summed E-state index contributed by atoms with van der Waals surface area (Å²) in [5.74, 6) is 0. The predicted octanol–water partition coefficient (Wildman–Crippen LogP) is 5.23. The van der Waals surface area contributed by atoms with Crippen molar-refractivity contribution in [3.05, 3.63) is 83.9 Å². The number of carbonyl (C=O) groups is 1. The minimum atomic E-state index is -0.864. The van der Waals surface area contributed by atoms with Crippen molar-refractivity contribution in [3.8, 4) is 0 Å². The number of nitrogens with zero attached hydrogens (tertiary/aromatic N) is 2. The number of hydrogen-bond donors (Lipinski definition) is 1. The third-order valence-corrected chi connectivity index (χ3v) is 5.01. The Bertz CT molecular complexity index is 895. The van der Waals surface area contributed by atoms with Gasteiger partial charge >= 0.3 is 6.09 Å². The van der Waals surface area contributed by atoms with Gasteiger partial charge in [0.15, 0.2) is 0 Å². The molecular weight excluding hydrogens is 348 g/mol. The van der Waals surface area contributed by atoms with Crippen molar-refractivity contribution in [2.24, 2.45) is 0 Å². The van der Waals surface area contributed by atoms with Crippen LogP contribution in [-0.4, -0.2) is 41.1 Å². The van der Waals surface area contributed by atoms with E-state index in [0.29, 0.717) is 6.54 Å². The largest absolute Gasteiger partial charge is 0.465 e. The molecule has 0 atom stereocenters. The third-order valence-electron chi connectivity index (χ3n) is 5.01. The molecule has 4 nitrogen and oxygen atoms in total. The van der Waals surface area contributed by atoms with Crippen molar-refractivity contribution < 1.29 is 9.90 Å². The fourth-order valence-corrected chi connectivity index (χ4v) is 3.43. The van der Waals surface area contributed by atoms with E-state index in [0.717, 1.165) is 32.5 Å². The van der Waals surface area contributed by atoms with Crippen LogP contribution < -0.4 is 0 Å². The molecule has 0 spiro atoms. The smallest absolute Gasteiger partial charge is 0.407 e. The molecule has 4 heteroatoms. The van der Waals surface area contributed by atoms with Crippen LogP contribution in [0.25, 0.3) is 10.8 Å². The Balaban J connectivity index is 1.65. The van der Waals surface area contributed by atoms with Gasteiger partial charge in [0.2, 0.25) is 0 Å². The Morgan fingerprint density at radius 1 is 0.786 bits per heavy atom. The van der Waals surface area contributed by atoms with Gasteiger partial charge in [0.25, 0.3) is 0 Å². The summed E-state index contributed by atoms with van der Waals surface area (Å²) in [4.78, 5) is 14.7. The van der Waals surface area contributed by atoms with E-state index < -0.39 is 6.09 Å². The second-order valence-electron chi connectivity index (χ2n) is 7.29. The van der Waals surface area contributed by atoms with Crippen molar-refractivity contribution in [2.75, 3.05) is 20.1 Å². The lowest BCUT2D eigenvalue weighted by Gasteiger charge is -2.23. The van der Waals surface area contributed by atoms with E-state index in [4.69, 9.17) is 5.11 Å². The van der Waals surface area contributed by atoms with E-state index in [1.807, 2.05) is 6.07 Å². The lowest BCUT2D eigenvalue weighted by molar-refractivity contribution is 0.154. The van der Waals surface area contributed by atoms with Crippen molar-refractivity contribution in [1.82, 2.24) is 9.80 Å². The SMILES string of the molecule is CN(CCCCN(Cc1ccccc1)Cc1ccc2ccccc2c1)C(=O)O. The molecule has 146 valence electrons. The van der Waals surface area contributed by atoms with E-state index in [1.54, 1.807) is 7.05 Å². The van der Waals surface area contributed by atoms with Gasteiger partial charge in [0.1, 0.15) is 0 Å². The zero-order valence-electron chi connectivity index (χ0n) is 16.4. The first kappa shape index (κ1) is 19.9. The molecule has 0 saturated carbocycles. The summed E-state index contributed by atoms with van der Waals surface area (Å²) in [7, 11) is 1.62. The monoisotopic (exact) mass is 376 g/mol. The lowest BCUT2D eigenvalue weighted by atomic mass is 10.1. The summed E-state index contributed by atoms with van der Waals surface area (Å²) in [5.41, 5.74) is 2.60. The van der Waals surface area contributed by atoms with Gasteiger partial charge in [-0.25, -0.2) is 4.79 Å². The molecule has 28 heavy (non-hydrogen) atoms. The van der Waals surface area contributed by atoms with E-state index in [2.05, 4.69) is 71.6 Å². The molecule has 0 saturated heterocycles. The molecule has 0 aliphatic heterocycles. The molecule has 1 N–H and O–H groups in total. The number of carboxylic acid groups (broad SMARTS) is 1. The first-order chi connectivity index (χ1) is 13.6. The Morgan fingerprint density at radius 2 is 1.43 bits per heavy atom. The number of benzene rings is 3. The van der Waals surface area contributed by atoms with Gasteiger partial charge in [-0.3, -0.25) is 4.90 Å². The lowest BCUT2D eigenvalue weighted by Crippen LogP contribution is -2.28. The van der Waals surface area contributed by atoms with Gasteiger partial charge in [-0.15, -0.1) is 0 Å². The third kappa shape index (κ3) is 5.83. The summed E-state index contributed by atoms with van der Waals surface area (Å²) >= 11 is 0. The van der Waals surface area contributed by atoms with Gasteiger partial charge in [0, 0.05) is 26.7 Å². The molecule has 0 radical (unpaired) electrons. The molecule has 0 heterocycles. The van der Waals surface area contributed by atoms with Gasteiger partial charge in [-0.1, -0.05) is 66.7 Å². The normalized spacial score (nSPS) is 11.1. The summed E-state index contributed by atoms with van der Waals surface area (Å²) < 4.78 is 0. The molecular formula is C24H28N2O2. The topological polar surface area (TPSA) is 43.8 Å². The van der Waals surface area contributed by atoms with E-state index in [-0.39, 0.29) is 0 Å². The maximum Gasteiger partial charge on any atom is 0.407 e. The summed E-state index contributed by atoms with van der Waals surface area (Å²) in [6.45, 7) is 3.29. The van der Waals surface area contributed by atoms with E-state index in [9.17, 15) is 4.79 Å².